The Morgan fingerprint density at radius 3 is 2.09 bits per heavy atom. The first kappa shape index (κ1) is 23.2. The van der Waals surface area contributed by atoms with Gasteiger partial charge < -0.3 is 14.5 Å². The number of hydrogen-bond donors (Lipinski definition) is 2. The van der Waals surface area contributed by atoms with E-state index in [1.807, 2.05) is 31.2 Å². The second-order valence-electron chi connectivity index (χ2n) is 8.35. The van der Waals surface area contributed by atoms with Crippen LogP contribution in [0, 0.1) is 6.92 Å². The lowest BCUT2D eigenvalue weighted by Gasteiger charge is -2.15. The fraction of sp³-hybridized carbons (Fsp3) is 0.320. The summed E-state index contributed by atoms with van der Waals surface area (Å²) in [4.78, 5) is 36.6. The van der Waals surface area contributed by atoms with Gasteiger partial charge in [0.05, 0.1) is 5.56 Å². The predicted molar refractivity (Wildman–Crippen MR) is 124 cm³/mol. The highest BCUT2D eigenvalue weighted by atomic mass is 16.5. The van der Waals surface area contributed by atoms with Crippen LogP contribution in [0.2, 0.25) is 0 Å². The number of benzene rings is 2. The molecule has 1 aliphatic carbocycles. The molecular weight excluding hydrogens is 436 g/mol. The minimum Gasteiger partial charge on any atom is -0.449 e. The third-order valence-corrected chi connectivity index (χ3v) is 5.67. The van der Waals surface area contributed by atoms with E-state index >= 15 is 0 Å². The lowest BCUT2D eigenvalue weighted by molar-refractivity contribution is -0.127. The van der Waals surface area contributed by atoms with E-state index in [0.29, 0.717) is 17.3 Å². The van der Waals surface area contributed by atoms with Crippen molar-refractivity contribution in [1.29, 1.82) is 0 Å². The number of imide groups is 1. The van der Waals surface area contributed by atoms with Gasteiger partial charge in [-0.05, 0) is 63.1 Å². The van der Waals surface area contributed by atoms with E-state index in [0.717, 1.165) is 36.8 Å². The molecule has 1 aliphatic rings. The van der Waals surface area contributed by atoms with Gasteiger partial charge in [0, 0.05) is 17.2 Å². The van der Waals surface area contributed by atoms with Crippen molar-refractivity contribution in [2.45, 2.75) is 51.7 Å². The zero-order valence-corrected chi connectivity index (χ0v) is 19.0. The van der Waals surface area contributed by atoms with Crippen molar-refractivity contribution in [2.75, 3.05) is 0 Å². The summed E-state index contributed by atoms with van der Waals surface area (Å²) in [6, 6.07) is 13.6. The van der Waals surface area contributed by atoms with Gasteiger partial charge >= 0.3 is 12.0 Å². The van der Waals surface area contributed by atoms with Gasteiger partial charge in [-0.3, -0.25) is 10.1 Å². The smallest absolute Gasteiger partial charge is 0.338 e. The predicted octanol–water partition coefficient (Wildman–Crippen LogP) is 4.03. The van der Waals surface area contributed by atoms with Crippen molar-refractivity contribution in [1.82, 2.24) is 20.8 Å². The van der Waals surface area contributed by atoms with Gasteiger partial charge in [-0.1, -0.05) is 30.5 Å². The number of nitrogens with one attached hydrogen (secondary N) is 2. The first-order chi connectivity index (χ1) is 16.4. The average molecular weight is 463 g/mol. The normalized spacial score (nSPS) is 14.4. The molecule has 3 amide bonds. The van der Waals surface area contributed by atoms with Crippen LogP contribution in [0.5, 0.6) is 0 Å². The largest absolute Gasteiger partial charge is 0.449 e. The van der Waals surface area contributed by atoms with Gasteiger partial charge in [0.15, 0.2) is 6.10 Å². The molecule has 1 saturated carbocycles. The van der Waals surface area contributed by atoms with Crippen molar-refractivity contribution in [3.8, 4) is 22.9 Å². The number of amides is 3. The van der Waals surface area contributed by atoms with Crippen LogP contribution >= 0.6 is 0 Å². The Morgan fingerprint density at radius 2 is 1.50 bits per heavy atom. The second kappa shape index (κ2) is 10.3. The van der Waals surface area contributed by atoms with Crippen molar-refractivity contribution >= 4 is 17.9 Å². The van der Waals surface area contributed by atoms with Gasteiger partial charge in [0.25, 0.3) is 5.91 Å². The van der Waals surface area contributed by atoms with Crippen LogP contribution in [0.1, 0.15) is 48.5 Å². The highest BCUT2D eigenvalue weighted by molar-refractivity contribution is 5.98. The summed E-state index contributed by atoms with van der Waals surface area (Å²) in [5.41, 5.74) is 2.83. The number of esters is 1. The Morgan fingerprint density at radius 1 is 0.941 bits per heavy atom. The minimum atomic E-state index is -1.13. The molecule has 0 aliphatic heterocycles. The zero-order valence-electron chi connectivity index (χ0n) is 19.0. The summed E-state index contributed by atoms with van der Waals surface area (Å²) in [5.74, 6) is -0.655. The number of hydrogen-bond acceptors (Lipinski definition) is 7. The van der Waals surface area contributed by atoms with Crippen LogP contribution in [0.3, 0.4) is 0 Å². The Balaban J connectivity index is 1.32. The Labute approximate surface area is 196 Å². The first-order valence-corrected chi connectivity index (χ1v) is 11.2. The molecular formula is C25H26N4O5. The average Bonchev–Trinajstić information content (AvgIpc) is 3.52. The maximum absolute atomic E-state index is 12.4. The van der Waals surface area contributed by atoms with Crippen LogP contribution in [0.25, 0.3) is 22.9 Å². The van der Waals surface area contributed by atoms with Crippen molar-refractivity contribution in [2.24, 2.45) is 0 Å². The summed E-state index contributed by atoms with van der Waals surface area (Å²) in [6.07, 6.45) is 2.80. The number of rotatable bonds is 6. The molecule has 1 fully saturated rings. The maximum Gasteiger partial charge on any atom is 0.338 e. The molecule has 1 heterocycles. The van der Waals surface area contributed by atoms with Gasteiger partial charge in [-0.15, -0.1) is 10.2 Å². The summed E-state index contributed by atoms with van der Waals surface area (Å²) in [7, 11) is 0. The third-order valence-electron chi connectivity index (χ3n) is 5.67. The molecule has 0 spiro atoms. The van der Waals surface area contributed by atoms with Crippen molar-refractivity contribution in [3.05, 3.63) is 59.7 Å². The molecule has 1 unspecified atom stereocenters. The summed E-state index contributed by atoms with van der Waals surface area (Å²) < 4.78 is 11.0. The lowest BCUT2D eigenvalue weighted by atomic mass is 10.1. The van der Waals surface area contributed by atoms with E-state index in [4.69, 9.17) is 9.15 Å². The summed E-state index contributed by atoms with van der Waals surface area (Å²) in [6.45, 7) is 3.41. The number of carbonyl (C=O) groups excluding carboxylic acids is 3. The third kappa shape index (κ3) is 5.67. The van der Waals surface area contributed by atoms with Crippen molar-refractivity contribution < 1.29 is 23.5 Å². The molecule has 176 valence electrons. The fourth-order valence-corrected chi connectivity index (χ4v) is 3.69. The van der Waals surface area contributed by atoms with Gasteiger partial charge in [-0.25, -0.2) is 9.59 Å². The molecule has 4 rings (SSSR count). The van der Waals surface area contributed by atoms with E-state index in [2.05, 4.69) is 20.8 Å². The number of aryl methyl sites for hydroxylation is 1. The van der Waals surface area contributed by atoms with Gasteiger partial charge in [-0.2, -0.15) is 0 Å². The van der Waals surface area contributed by atoms with Crippen LogP contribution in [0.15, 0.2) is 52.9 Å². The van der Waals surface area contributed by atoms with E-state index in [1.165, 1.54) is 6.92 Å². The fourth-order valence-electron chi connectivity index (χ4n) is 3.69. The molecule has 1 atom stereocenters. The molecule has 9 nitrogen and oxygen atoms in total. The summed E-state index contributed by atoms with van der Waals surface area (Å²) >= 11 is 0. The Kier molecular flexibility index (Phi) is 7.01. The molecule has 0 saturated heterocycles. The van der Waals surface area contributed by atoms with Gasteiger partial charge in [0.2, 0.25) is 11.8 Å². The number of urea groups is 1. The minimum absolute atomic E-state index is 0.0796. The van der Waals surface area contributed by atoms with Crippen LogP contribution < -0.4 is 10.6 Å². The van der Waals surface area contributed by atoms with E-state index in [9.17, 15) is 14.4 Å². The summed E-state index contributed by atoms with van der Waals surface area (Å²) in [5, 5.41) is 13.1. The molecule has 3 aromatic rings. The molecule has 2 N–H and O–H groups in total. The SMILES string of the molecule is Cc1ccc(-c2nnc(-c3ccc(C(=O)OC(C)C(=O)NC(=O)NC4CCCC4)cc3)o2)cc1. The highest BCUT2D eigenvalue weighted by Gasteiger charge is 2.23. The van der Waals surface area contributed by atoms with E-state index in [1.54, 1.807) is 24.3 Å². The van der Waals surface area contributed by atoms with E-state index < -0.39 is 24.0 Å². The van der Waals surface area contributed by atoms with E-state index in [-0.39, 0.29) is 11.6 Å². The number of carbonyl (C=O) groups is 3. The van der Waals surface area contributed by atoms with Gasteiger partial charge in [0.1, 0.15) is 0 Å². The molecule has 2 aromatic carbocycles. The quantitative estimate of drug-likeness (QED) is 0.530. The first-order valence-electron chi connectivity index (χ1n) is 11.2. The van der Waals surface area contributed by atoms with Crippen LogP contribution in [-0.4, -0.2) is 40.3 Å². The highest BCUT2D eigenvalue weighted by Crippen LogP contribution is 2.24. The zero-order chi connectivity index (χ0) is 24.1. The number of aromatic nitrogens is 2. The lowest BCUT2D eigenvalue weighted by Crippen LogP contribution is -2.47. The number of nitrogens with zero attached hydrogens (tertiary/aromatic N) is 2. The topological polar surface area (TPSA) is 123 Å². The standard InChI is InChI=1S/C25H26N4O5/c1-15-7-9-17(10-8-15)22-28-29-23(34-22)18-11-13-19(14-12-18)24(31)33-16(2)21(30)27-25(32)26-20-5-3-4-6-20/h7-14,16,20H,3-6H2,1-2H3,(H2,26,27,30,32). The number of ether oxygens (including phenoxy) is 1. The molecule has 0 bridgehead atoms. The van der Waals surface area contributed by atoms with Crippen LogP contribution in [-0.2, 0) is 9.53 Å². The maximum atomic E-state index is 12.4. The molecule has 9 heteroatoms. The van der Waals surface area contributed by atoms with Crippen LogP contribution in [0.4, 0.5) is 4.79 Å². The molecule has 1 aromatic heterocycles. The second-order valence-corrected chi connectivity index (χ2v) is 8.35. The molecule has 0 radical (unpaired) electrons. The Hall–Kier alpha value is -4.01. The monoisotopic (exact) mass is 462 g/mol. The van der Waals surface area contributed by atoms with Crippen molar-refractivity contribution in [3.63, 3.8) is 0 Å². The molecule has 34 heavy (non-hydrogen) atoms. The Bertz CT molecular complexity index is 1160.